The van der Waals surface area contributed by atoms with Gasteiger partial charge < -0.3 is 9.47 Å². The standard InChI is InChI=1S/C12H16O4/c1-7-5-6-8(2)10(12(14)16-4)9(7)11(13)15-3/h5-6H2,1-4H3. The van der Waals surface area contributed by atoms with Crippen molar-refractivity contribution < 1.29 is 19.1 Å². The van der Waals surface area contributed by atoms with Crippen LogP contribution in [0.2, 0.25) is 0 Å². The molecule has 0 aromatic carbocycles. The predicted molar refractivity (Wildman–Crippen MR) is 58.7 cm³/mol. The lowest BCUT2D eigenvalue weighted by atomic mass is 9.87. The predicted octanol–water partition coefficient (Wildman–Crippen LogP) is 1.76. The molecule has 0 aromatic heterocycles. The topological polar surface area (TPSA) is 52.6 Å². The Bertz CT molecular complexity index is 350. The zero-order chi connectivity index (χ0) is 12.3. The third-order valence-electron chi connectivity index (χ3n) is 2.76. The number of carbonyl (C=O) groups excluding carboxylic acids is 2. The van der Waals surface area contributed by atoms with Gasteiger partial charge in [0, 0.05) is 0 Å². The SMILES string of the molecule is COC(=O)C1=C(C)CCC(C)=C1C(=O)OC. The molecule has 1 aliphatic carbocycles. The van der Waals surface area contributed by atoms with Crippen molar-refractivity contribution in [2.75, 3.05) is 14.2 Å². The van der Waals surface area contributed by atoms with E-state index in [2.05, 4.69) is 0 Å². The number of rotatable bonds is 2. The molecule has 0 amide bonds. The Morgan fingerprint density at radius 2 is 1.19 bits per heavy atom. The third-order valence-corrected chi connectivity index (χ3v) is 2.76. The average Bonchev–Trinajstić information content (AvgIpc) is 2.29. The third kappa shape index (κ3) is 2.15. The maximum Gasteiger partial charge on any atom is 0.338 e. The summed E-state index contributed by atoms with van der Waals surface area (Å²) in [6.07, 6.45) is 1.55. The van der Waals surface area contributed by atoms with Crippen molar-refractivity contribution in [3.8, 4) is 0 Å². The molecule has 0 atom stereocenters. The lowest BCUT2D eigenvalue weighted by molar-refractivity contribution is -0.139. The largest absolute Gasteiger partial charge is 0.465 e. The summed E-state index contributed by atoms with van der Waals surface area (Å²) < 4.78 is 9.39. The highest BCUT2D eigenvalue weighted by molar-refractivity contribution is 6.08. The zero-order valence-electron chi connectivity index (χ0n) is 10.0. The molecule has 0 spiro atoms. The molecule has 0 saturated carbocycles. The minimum absolute atomic E-state index is 0.359. The summed E-state index contributed by atoms with van der Waals surface area (Å²) in [5.41, 5.74) is 2.46. The normalized spacial score (nSPS) is 16.2. The summed E-state index contributed by atoms with van der Waals surface area (Å²) in [6, 6.07) is 0. The first-order valence-electron chi connectivity index (χ1n) is 5.09. The molecule has 4 nitrogen and oxygen atoms in total. The van der Waals surface area contributed by atoms with E-state index in [1.54, 1.807) is 0 Å². The molecule has 0 heterocycles. The fraction of sp³-hybridized carbons (Fsp3) is 0.500. The molecule has 0 aromatic rings. The van der Waals surface area contributed by atoms with Crippen LogP contribution in [-0.2, 0) is 19.1 Å². The fourth-order valence-corrected chi connectivity index (χ4v) is 1.81. The van der Waals surface area contributed by atoms with Gasteiger partial charge in [0.25, 0.3) is 0 Å². The Balaban J connectivity index is 3.27. The molecule has 0 fully saturated rings. The molecule has 0 saturated heterocycles. The van der Waals surface area contributed by atoms with Crippen molar-refractivity contribution in [2.45, 2.75) is 26.7 Å². The fourth-order valence-electron chi connectivity index (χ4n) is 1.81. The maximum absolute atomic E-state index is 11.6. The van der Waals surface area contributed by atoms with Crippen molar-refractivity contribution in [1.82, 2.24) is 0 Å². The van der Waals surface area contributed by atoms with E-state index in [-0.39, 0.29) is 0 Å². The van der Waals surface area contributed by atoms with Gasteiger partial charge in [-0.3, -0.25) is 0 Å². The average molecular weight is 224 g/mol. The highest BCUT2D eigenvalue weighted by Crippen LogP contribution is 2.31. The number of esters is 2. The molecular weight excluding hydrogens is 208 g/mol. The van der Waals surface area contributed by atoms with E-state index < -0.39 is 11.9 Å². The molecule has 4 heteroatoms. The van der Waals surface area contributed by atoms with Gasteiger partial charge in [-0.1, -0.05) is 11.1 Å². The van der Waals surface area contributed by atoms with Crippen LogP contribution in [0.1, 0.15) is 26.7 Å². The minimum atomic E-state index is -0.475. The Morgan fingerprint density at radius 1 is 0.875 bits per heavy atom. The minimum Gasteiger partial charge on any atom is -0.465 e. The van der Waals surface area contributed by atoms with Crippen molar-refractivity contribution in [1.29, 1.82) is 0 Å². The van der Waals surface area contributed by atoms with Gasteiger partial charge in [0.15, 0.2) is 0 Å². The highest BCUT2D eigenvalue weighted by atomic mass is 16.5. The monoisotopic (exact) mass is 224 g/mol. The summed E-state index contributed by atoms with van der Waals surface area (Å²) in [7, 11) is 2.61. The Kier molecular flexibility index (Phi) is 3.88. The molecule has 1 aliphatic rings. The molecule has 88 valence electrons. The summed E-state index contributed by atoms with van der Waals surface area (Å²) in [4.78, 5) is 23.3. The molecule has 0 N–H and O–H groups in total. The van der Waals surface area contributed by atoms with Crippen LogP contribution >= 0.6 is 0 Å². The first-order chi connectivity index (χ1) is 7.52. The smallest absolute Gasteiger partial charge is 0.338 e. The quantitative estimate of drug-likeness (QED) is 0.671. The molecule has 0 bridgehead atoms. The molecule has 0 aliphatic heterocycles. The molecule has 1 rings (SSSR count). The Morgan fingerprint density at radius 3 is 1.44 bits per heavy atom. The Labute approximate surface area is 94.9 Å². The van der Waals surface area contributed by atoms with Gasteiger partial charge in [0.1, 0.15) is 0 Å². The van der Waals surface area contributed by atoms with E-state index >= 15 is 0 Å². The summed E-state index contributed by atoms with van der Waals surface area (Å²) in [6.45, 7) is 3.67. The lowest BCUT2D eigenvalue weighted by Gasteiger charge is -2.20. The number of allylic oxidation sites excluding steroid dienone is 2. The number of ether oxygens (including phenoxy) is 2. The second-order valence-electron chi connectivity index (χ2n) is 3.79. The number of carbonyl (C=O) groups is 2. The maximum atomic E-state index is 11.6. The zero-order valence-corrected chi connectivity index (χ0v) is 10.0. The first kappa shape index (κ1) is 12.5. The first-order valence-corrected chi connectivity index (χ1v) is 5.09. The summed E-state index contributed by atoms with van der Waals surface area (Å²) >= 11 is 0. The number of hydrogen-bond donors (Lipinski definition) is 0. The van der Waals surface area contributed by atoms with E-state index in [1.807, 2.05) is 13.8 Å². The van der Waals surface area contributed by atoms with Gasteiger partial charge in [0.2, 0.25) is 0 Å². The van der Waals surface area contributed by atoms with Crippen LogP contribution in [0.5, 0.6) is 0 Å². The molecule has 0 radical (unpaired) electrons. The number of methoxy groups -OCH3 is 2. The van der Waals surface area contributed by atoms with E-state index in [0.29, 0.717) is 11.1 Å². The van der Waals surface area contributed by atoms with Crippen LogP contribution in [0.4, 0.5) is 0 Å². The van der Waals surface area contributed by atoms with Crippen LogP contribution in [0.25, 0.3) is 0 Å². The van der Waals surface area contributed by atoms with Crippen LogP contribution in [0.15, 0.2) is 22.3 Å². The van der Waals surface area contributed by atoms with Crippen LogP contribution in [-0.4, -0.2) is 26.2 Å². The summed E-state index contributed by atoms with van der Waals surface area (Å²) in [5.74, 6) is -0.950. The highest BCUT2D eigenvalue weighted by Gasteiger charge is 2.29. The van der Waals surface area contributed by atoms with Crippen molar-refractivity contribution >= 4 is 11.9 Å². The molecule has 16 heavy (non-hydrogen) atoms. The second kappa shape index (κ2) is 4.96. The van der Waals surface area contributed by atoms with Gasteiger partial charge >= 0.3 is 11.9 Å². The van der Waals surface area contributed by atoms with Crippen LogP contribution < -0.4 is 0 Å². The number of hydrogen-bond acceptors (Lipinski definition) is 4. The van der Waals surface area contributed by atoms with Crippen molar-refractivity contribution in [3.05, 3.63) is 22.3 Å². The van der Waals surface area contributed by atoms with Crippen LogP contribution in [0, 0.1) is 0 Å². The Hall–Kier alpha value is -1.58. The van der Waals surface area contributed by atoms with Gasteiger partial charge in [-0.25, -0.2) is 9.59 Å². The van der Waals surface area contributed by atoms with E-state index in [4.69, 9.17) is 9.47 Å². The van der Waals surface area contributed by atoms with E-state index in [9.17, 15) is 9.59 Å². The van der Waals surface area contributed by atoms with Crippen LogP contribution in [0.3, 0.4) is 0 Å². The van der Waals surface area contributed by atoms with Crippen molar-refractivity contribution in [2.24, 2.45) is 0 Å². The van der Waals surface area contributed by atoms with Crippen molar-refractivity contribution in [3.63, 3.8) is 0 Å². The van der Waals surface area contributed by atoms with Gasteiger partial charge in [0.05, 0.1) is 25.4 Å². The summed E-state index contributed by atoms with van der Waals surface area (Å²) in [5, 5.41) is 0. The van der Waals surface area contributed by atoms with E-state index in [0.717, 1.165) is 24.0 Å². The van der Waals surface area contributed by atoms with Gasteiger partial charge in [-0.05, 0) is 26.7 Å². The van der Waals surface area contributed by atoms with Gasteiger partial charge in [-0.15, -0.1) is 0 Å². The molecule has 0 unspecified atom stereocenters. The second-order valence-corrected chi connectivity index (χ2v) is 3.79. The van der Waals surface area contributed by atoms with E-state index in [1.165, 1.54) is 14.2 Å². The lowest BCUT2D eigenvalue weighted by Crippen LogP contribution is -2.20. The van der Waals surface area contributed by atoms with Gasteiger partial charge in [-0.2, -0.15) is 0 Å². The molecular formula is C12H16O4.